The smallest absolute Gasteiger partial charge is 0.0687 e. The highest BCUT2D eigenvalue weighted by atomic mass is 16.3. The van der Waals surface area contributed by atoms with Gasteiger partial charge in [-0.3, -0.25) is 0 Å². The zero-order chi connectivity index (χ0) is 13.5. The largest absolute Gasteiger partial charge is 0.392 e. The molecule has 0 heterocycles. The van der Waals surface area contributed by atoms with E-state index in [1.54, 1.807) is 0 Å². The summed E-state index contributed by atoms with van der Waals surface area (Å²) in [6.45, 7) is 0.0798. The third kappa shape index (κ3) is 1.60. The minimum atomic E-state index is 0.0798. The van der Waals surface area contributed by atoms with Gasteiger partial charge in [-0.05, 0) is 50.0 Å². The van der Waals surface area contributed by atoms with Crippen molar-refractivity contribution in [1.29, 1.82) is 0 Å². The number of benzene rings is 4. The minimum absolute atomic E-state index is 0.0798. The number of aliphatic hydroxyl groups is 1. The highest BCUT2D eigenvalue weighted by molar-refractivity contribution is 6.12. The van der Waals surface area contributed by atoms with Gasteiger partial charge in [0.1, 0.15) is 0 Å². The third-order valence-corrected chi connectivity index (χ3v) is 4.00. The summed E-state index contributed by atoms with van der Waals surface area (Å²) in [7, 11) is 0. The monoisotopic (exact) mass is 258 g/mol. The number of fused-ring (bicyclic) bond motifs is 4. The molecule has 20 heavy (non-hydrogen) atoms. The second-order valence-electron chi connectivity index (χ2n) is 5.16. The van der Waals surface area contributed by atoms with E-state index in [9.17, 15) is 5.11 Å². The Balaban J connectivity index is 2.20. The van der Waals surface area contributed by atoms with Crippen molar-refractivity contribution in [3.8, 4) is 0 Å². The fourth-order valence-corrected chi connectivity index (χ4v) is 2.98. The zero-order valence-electron chi connectivity index (χ0n) is 11.0. The van der Waals surface area contributed by atoms with Gasteiger partial charge in [-0.1, -0.05) is 54.6 Å². The van der Waals surface area contributed by atoms with Gasteiger partial charge in [-0.25, -0.2) is 0 Å². The van der Waals surface area contributed by atoms with Crippen molar-refractivity contribution in [2.75, 3.05) is 0 Å². The van der Waals surface area contributed by atoms with Gasteiger partial charge < -0.3 is 5.11 Å². The first kappa shape index (κ1) is 11.4. The van der Waals surface area contributed by atoms with Gasteiger partial charge >= 0.3 is 0 Å². The molecule has 0 saturated carbocycles. The van der Waals surface area contributed by atoms with Crippen LogP contribution in [0.2, 0.25) is 0 Å². The minimum Gasteiger partial charge on any atom is -0.392 e. The first-order valence-electron chi connectivity index (χ1n) is 6.81. The Morgan fingerprint density at radius 2 is 1.30 bits per heavy atom. The molecule has 4 aromatic carbocycles. The van der Waals surface area contributed by atoms with Gasteiger partial charge in [0, 0.05) is 0 Å². The summed E-state index contributed by atoms with van der Waals surface area (Å²) < 4.78 is 0. The molecule has 4 aromatic rings. The van der Waals surface area contributed by atoms with Crippen molar-refractivity contribution in [3.05, 3.63) is 72.3 Å². The maximum absolute atomic E-state index is 9.48. The molecule has 0 unspecified atom stereocenters. The predicted octanol–water partition coefficient (Wildman–Crippen LogP) is 4.64. The van der Waals surface area contributed by atoms with E-state index in [0.29, 0.717) is 0 Å². The Bertz CT molecular complexity index is 938. The quantitative estimate of drug-likeness (QED) is 0.389. The fraction of sp³-hybridized carbons (Fsp3) is 0.0526. The van der Waals surface area contributed by atoms with E-state index in [0.717, 1.165) is 10.9 Å². The standard InChI is InChI=1S/C19H14O/c20-12-16-6-3-5-14-11-19-15(10-18(14)16)9-8-13-4-1-2-7-17(13)19/h1-11,20H,12H2. The maximum Gasteiger partial charge on any atom is 0.0687 e. The normalized spacial score (nSPS) is 11.4. The van der Waals surface area contributed by atoms with Crippen LogP contribution in [0.3, 0.4) is 0 Å². The van der Waals surface area contributed by atoms with Gasteiger partial charge in [0.15, 0.2) is 0 Å². The lowest BCUT2D eigenvalue weighted by Gasteiger charge is -2.08. The SMILES string of the molecule is OCc1cccc2cc3c(ccc4ccccc43)cc12. The number of aliphatic hydroxyl groups excluding tert-OH is 1. The van der Waals surface area contributed by atoms with E-state index in [1.807, 2.05) is 12.1 Å². The van der Waals surface area contributed by atoms with Crippen LogP contribution in [-0.2, 0) is 6.61 Å². The van der Waals surface area contributed by atoms with Crippen LogP contribution in [0.25, 0.3) is 32.3 Å². The molecule has 1 N–H and O–H groups in total. The molecule has 0 amide bonds. The first-order chi connectivity index (χ1) is 9.86. The molecule has 96 valence electrons. The molecule has 4 rings (SSSR count). The molecular weight excluding hydrogens is 244 g/mol. The van der Waals surface area contributed by atoms with Crippen molar-refractivity contribution in [1.82, 2.24) is 0 Å². The predicted molar refractivity (Wildman–Crippen MR) is 84.9 cm³/mol. The molecule has 0 spiro atoms. The number of rotatable bonds is 1. The molecule has 0 saturated heterocycles. The topological polar surface area (TPSA) is 20.2 Å². The van der Waals surface area contributed by atoms with E-state index in [4.69, 9.17) is 0 Å². The van der Waals surface area contributed by atoms with Crippen LogP contribution in [0.4, 0.5) is 0 Å². The van der Waals surface area contributed by atoms with Gasteiger partial charge in [-0.2, -0.15) is 0 Å². The van der Waals surface area contributed by atoms with E-state index in [1.165, 1.54) is 26.9 Å². The second kappa shape index (κ2) is 4.32. The van der Waals surface area contributed by atoms with Crippen LogP contribution in [0.15, 0.2) is 66.7 Å². The third-order valence-electron chi connectivity index (χ3n) is 4.00. The Labute approximate surface area is 117 Å². The summed E-state index contributed by atoms with van der Waals surface area (Å²) in [6.07, 6.45) is 0. The number of hydrogen-bond donors (Lipinski definition) is 1. The fourth-order valence-electron chi connectivity index (χ4n) is 2.98. The van der Waals surface area contributed by atoms with Crippen molar-refractivity contribution >= 4 is 32.3 Å². The lowest BCUT2D eigenvalue weighted by Crippen LogP contribution is -1.86. The molecule has 0 fully saturated rings. The van der Waals surface area contributed by atoms with Crippen LogP contribution in [0, 0.1) is 0 Å². The van der Waals surface area contributed by atoms with Gasteiger partial charge in [0.25, 0.3) is 0 Å². The first-order valence-corrected chi connectivity index (χ1v) is 6.81. The lowest BCUT2D eigenvalue weighted by molar-refractivity contribution is 0.283. The van der Waals surface area contributed by atoms with Gasteiger partial charge in [-0.15, -0.1) is 0 Å². The summed E-state index contributed by atoms with van der Waals surface area (Å²) in [5, 5.41) is 16.8. The maximum atomic E-state index is 9.48. The second-order valence-corrected chi connectivity index (χ2v) is 5.16. The summed E-state index contributed by atoms with van der Waals surface area (Å²) in [6, 6.07) is 23.3. The molecule has 0 atom stereocenters. The van der Waals surface area contributed by atoms with Gasteiger partial charge in [0.2, 0.25) is 0 Å². The molecule has 1 nitrogen and oxygen atoms in total. The molecule has 0 aliphatic carbocycles. The van der Waals surface area contributed by atoms with E-state index >= 15 is 0 Å². The van der Waals surface area contributed by atoms with Crippen molar-refractivity contribution in [2.24, 2.45) is 0 Å². The molecule has 0 radical (unpaired) electrons. The summed E-state index contributed by atoms with van der Waals surface area (Å²) in [4.78, 5) is 0. The highest BCUT2D eigenvalue weighted by Gasteiger charge is 2.05. The summed E-state index contributed by atoms with van der Waals surface area (Å²) >= 11 is 0. The molecule has 0 aromatic heterocycles. The average molecular weight is 258 g/mol. The van der Waals surface area contributed by atoms with Crippen LogP contribution in [-0.4, -0.2) is 5.11 Å². The highest BCUT2D eigenvalue weighted by Crippen LogP contribution is 2.30. The summed E-state index contributed by atoms with van der Waals surface area (Å²) in [5.41, 5.74) is 0.984. The summed E-state index contributed by atoms with van der Waals surface area (Å²) in [5.74, 6) is 0. The Morgan fingerprint density at radius 1 is 0.600 bits per heavy atom. The Hall–Kier alpha value is -2.38. The van der Waals surface area contributed by atoms with Crippen molar-refractivity contribution in [3.63, 3.8) is 0 Å². The van der Waals surface area contributed by atoms with E-state index in [-0.39, 0.29) is 6.61 Å². The molecule has 1 heteroatoms. The molecule has 0 bridgehead atoms. The van der Waals surface area contributed by atoms with E-state index in [2.05, 4.69) is 54.6 Å². The molecule has 0 aliphatic rings. The van der Waals surface area contributed by atoms with Crippen LogP contribution < -0.4 is 0 Å². The molecular formula is C19H14O. The van der Waals surface area contributed by atoms with Crippen LogP contribution in [0.1, 0.15) is 5.56 Å². The van der Waals surface area contributed by atoms with Crippen LogP contribution in [0.5, 0.6) is 0 Å². The molecule has 0 aliphatic heterocycles. The number of hydrogen-bond acceptors (Lipinski definition) is 1. The lowest BCUT2D eigenvalue weighted by atomic mass is 9.96. The van der Waals surface area contributed by atoms with Crippen molar-refractivity contribution < 1.29 is 5.11 Å². The van der Waals surface area contributed by atoms with Gasteiger partial charge in [0.05, 0.1) is 6.61 Å². The van der Waals surface area contributed by atoms with Crippen molar-refractivity contribution in [2.45, 2.75) is 6.61 Å². The Morgan fingerprint density at radius 3 is 2.20 bits per heavy atom. The average Bonchev–Trinajstić information content (AvgIpc) is 2.52. The Kier molecular flexibility index (Phi) is 2.48. The van der Waals surface area contributed by atoms with Crippen LogP contribution >= 0.6 is 0 Å². The zero-order valence-corrected chi connectivity index (χ0v) is 11.0. The van der Waals surface area contributed by atoms with E-state index < -0.39 is 0 Å².